The molecule has 0 N–H and O–H groups in total. The van der Waals surface area contributed by atoms with Crippen LogP contribution in [0.3, 0.4) is 0 Å². The van der Waals surface area contributed by atoms with E-state index in [0.29, 0.717) is 12.1 Å². The molecule has 1 aromatic carbocycles. The lowest BCUT2D eigenvalue weighted by Gasteiger charge is -2.28. The van der Waals surface area contributed by atoms with E-state index in [9.17, 15) is 0 Å². The van der Waals surface area contributed by atoms with E-state index in [-0.39, 0.29) is 0 Å². The molecule has 2 unspecified atom stereocenters. The van der Waals surface area contributed by atoms with Gasteiger partial charge in [-0.3, -0.25) is 0 Å². The summed E-state index contributed by atoms with van der Waals surface area (Å²) in [5, 5.41) is 0. The predicted molar refractivity (Wildman–Crippen MR) is 57.1 cm³/mol. The smallest absolute Gasteiger partial charge is 0.0371 e. The van der Waals surface area contributed by atoms with E-state index >= 15 is 0 Å². The van der Waals surface area contributed by atoms with Crippen LogP contribution < -0.4 is 4.90 Å². The zero-order chi connectivity index (χ0) is 9.26. The minimum absolute atomic E-state index is 0.706. The van der Waals surface area contributed by atoms with Gasteiger partial charge in [0.2, 0.25) is 0 Å². The Bertz CT molecular complexity index is 258. The summed E-state index contributed by atoms with van der Waals surface area (Å²) < 4.78 is 0. The van der Waals surface area contributed by atoms with E-state index in [2.05, 4.69) is 49.1 Å². The summed E-state index contributed by atoms with van der Waals surface area (Å²) in [4.78, 5) is 2.53. The van der Waals surface area contributed by atoms with E-state index in [1.165, 1.54) is 18.5 Å². The van der Waals surface area contributed by atoms with Gasteiger partial charge in [0.15, 0.2) is 0 Å². The lowest BCUT2D eigenvalue weighted by atomic mass is 10.2. The number of hydrogen-bond donors (Lipinski definition) is 0. The summed E-state index contributed by atoms with van der Waals surface area (Å²) in [5.74, 6) is 0. The first-order chi connectivity index (χ1) is 6.29. The zero-order valence-corrected chi connectivity index (χ0v) is 8.40. The molecule has 1 aliphatic rings. The molecule has 0 aliphatic carbocycles. The number of rotatable bonds is 1. The lowest BCUT2D eigenvalue weighted by Crippen LogP contribution is -2.32. The molecule has 0 spiro atoms. The third-order valence-electron chi connectivity index (χ3n) is 3.01. The molecule has 1 heteroatoms. The highest BCUT2D eigenvalue weighted by molar-refractivity contribution is 5.48. The summed E-state index contributed by atoms with van der Waals surface area (Å²) in [6.45, 7) is 4.63. The molecule has 0 radical (unpaired) electrons. The van der Waals surface area contributed by atoms with Gasteiger partial charge in [-0.25, -0.2) is 0 Å². The Labute approximate surface area is 80.4 Å². The first-order valence-electron chi connectivity index (χ1n) is 5.12. The van der Waals surface area contributed by atoms with Crippen molar-refractivity contribution in [2.75, 3.05) is 4.90 Å². The molecule has 1 aromatic rings. The topological polar surface area (TPSA) is 3.24 Å². The monoisotopic (exact) mass is 175 g/mol. The molecule has 0 aromatic heterocycles. The molecule has 0 saturated carbocycles. The van der Waals surface area contributed by atoms with Gasteiger partial charge in [-0.15, -0.1) is 0 Å². The van der Waals surface area contributed by atoms with Crippen LogP contribution in [0.1, 0.15) is 26.7 Å². The van der Waals surface area contributed by atoms with Gasteiger partial charge in [-0.2, -0.15) is 0 Å². The fourth-order valence-electron chi connectivity index (χ4n) is 2.30. The number of nitrogens with zero attached hydrogens (tertiary/aromatic N) is 1. The van der Waals surface area contributed by atoms with Crippen LogP contribution in [0.25, 0.3) is 0 Å². The van der Waals surface area contributed by atoms with Crippen molar-refractivity contribution in [2.45, 2.75) is 38.8 Å². The molecule has 70 valence electrons. The highest BCUT2D eigenvalue weighted by Gasteiger charge is 2.26. The van der Waals surface area contributed by atoms with Crippen LogP contribution in [0.4, 0.5) is 5.69 Å². The Kier molecular flexibility index (Phi) is 2.26. The molecule has 1 nitrogen and oxygen atoms in total. The summed E-state index contributed by atoms with van der Waals surface area (Å²) in [6.07, 6.45) is 2.66. The standard InChI is InChI=1S/C12H17N/c1-10-8-9-11(2)13(10)12-6-4-3-5-7-12/h3-7,10-11H,8-9H2,1-2H3. The summed E-state index contributed by atoms with van der Waals surface area (Å²) in [5.41, 5.74) is 1.38. The second kappa shape index (κ2) is 3.41. The largest absolute Gasteiger partial charge is 0.366 e. The maximum absolute atomic E-state index is 2.53. The van der Waals surface area contributed by atoms with Crippen molar-refractivity contribution < 1.29 is 0 Å². The average molecular weight is 175 g/mol. The molecule has 1 heterocycles. The summed E-state index contributed by atoms with van der Waals surface area (Å²) >= 11 is 0. The fraction of sp³-hybridized carbons (Fsp3) is 0.500. The fourth-order valence-corrected chi connectivity index (χ4v) is 2.30. The second-order valence-electron chi connectivity index (χ2n) is 4.02. The molecule has 2 atom stereocenters. The average Bonchev–Trinajstić information content (AvgIpc) is 2.48. The molecule has 0 bridgehead atoms. The molecule has 1 fully saturated rings. The second-order valence-corrected chi connectivity index (χ2v) is 4.02. The normalized spacial score (nSPS) is 28.0. The Hall–Kier alpha value is -0.980. The van der Waals surface area contributed by atoms with Crippen LogP contribution in [0.5, 0.6) is 0 Å². The minimum Gasteiger partial charge on any atom is -0.366 e. The van der Waals surface area contributed by atoms with Crippen LogP contribution in [-0.2, 0) is 0 Å². The molecular weight excluding hydrogens is 158 g/mol. The van der Waals surface area contributed by atoms with Crippen molar-refractivity contribution in [2.24, 2.45) is 0 Å². The van der Waals surface area contributed by atoms with Crippen molar-refractivity contribution in [1.82, 2.24) is 0 Å². The highest BCUT2D eigenvalue weighted by Crippen LogP contribution is 2.29. The minimum atomic E-state index is 0.706. The maximum atomic E-state index is 2.53. The van der Waals surface area contributed by atoms with E-state index in [1.807, 2.05) is 0 Å². The molecule has 1 aliphatic heterocycles. The Morgan fingerprint density at radius 1 is 1.00 bits per heavy atom. The van der Waals surface area contributed by atoms with Gasteiger partial charge in [-0.05, 0) is 38.8 Å². The van der Waals surface area contributed by atoms with Gasteiger partial charge in [0, 0.05) is 17.8 Å². The van der Waals surface area contributed by atoms with Crippen molar-refractivity contribution in [3.63, 3.8) is 0 Å². The first-order valence-corrected chi connectivity index (χ1v) is 5.12. The van der Waals surface area contributed by atoms with E-state index in [4.69, 9.17) is 0 Å². The Balaban J connectivity index is 2.25. The first kappa shape index (κ1) is 8.61. The van der Waals surface area contributed by atoms with Crippen LogP contribution in [0.15, 0.2) is 30.3 Å². The third-order valence-corrected chi connectivity index (χ3v) is 3.01. The van der Waals surface area contributed by atoms with Crippen LogP contribution in [0, 0.1) is 0 Å². The van der Waals surface area contributed by atoms with Gasteiger partial charge in [0.05, 0.1) is 0 Å². The molecule has 1 saturated heterocycles. The van der Waals surface area contributed by atoms with Gasteiger partial charge in [0.25, 0.3) is 0 Å². The van der Waals surface area contributed by atoms with Crippen molar-refractivity contribution in [3.05, 3.63) is 30.3 Å². The number of para-hydroxylation sites is 1. The van der Waals surface area contributed by atoms with Crippen LogP contribution in [0.2, 0.25) is 0 Å². The predicted octanol–water partition coefficient (Wildman–Crippen LogP) is 3.06. The highest BCUT2D eigenvalue weighted by atomic mass is 15.2. The van der Waals surface area contributed by atoms with Crippen molar-refractivity contribution in [3.8, 4) is 0 Å². The molecule has 0 amide bonds. The third kappa shape index (κ3) is 1.55. The molecule has 13 heavy (non-hydrogen) atoms. The maximum Gasteiger partial charge on any atom is 0.0371 e. The lowest BCUT2D eigenvalue weighted by molar-refractivity contribution is 0.694. The van der Waals surface area contributed by atoms with E-state index < -0.39 is 0 Å². The zero-order valence-electron chi connectivity index (χ0n) is 8.40. The van der Waals surface area contributed by atoms with Crippen LogP contribution >= 0.6 is 0 Å². The van der Waals surface area contributed by atoms with Gasteiger partial charge < -0.3 is 4.90 Å². The Morgan fingerprint density at radius 3 is 2.08 bits per heavy atom. The number of hydrogen-bond acceptors (Lipinski definition) is 1. The number of benzene rings is 1. The van der Waals surface area contributed by atoms with Gasteiger partial charge in [0.1, 0.15) is 0 Å². The van der Waals surface area contributed by atoms with Crippen LogP contribution in [-0.4, -0.2) is 12.1 Å². The quantitative estimate of drug-likeness (QED) is 0.634. The van der Waals surface area contributed by atoms with Crippen molar-refractivity contribution >= 4 is 5.69 Å². The Morgan fingerprint density at radius 2 is 1.54 bits per heavy atom. The number of anilines is 1. The van der Waals surface area contributed by atoms with E-state index in [0.717, 1.165) is 0 Å². The summed E-state index contributed by atoms with van der Waals surface area (Å²) in [6, 6.07) is 12.1. The summed E-state index contributed by atoms with van der Waals surface area (Å²) in [7, 11) is 0. The van der Waals surface area contributed by atoms with Crippen molar-refractivity contribution in [1.29, 1.82) is 0 Å². The SMILES string of the molecule is CC1CCC(C)N1c1ccccc1. The molecule has 2 rings (SSSR count). The van der Waals surface area contributed by atoms with E-state index in [1.54, 1.807) is 0 Å². The molecular formula is C12H17N. The van der Waals surface area contributed by atoms with Gasteiger partial charge in [-0.1, -0.05) is 18.2 Å². The van der Waals surface area contributed by atoms with Gasteiger partial charge >= 0.3 is 0 Å².